The molecule has 1 saturated heterocycles. The van der Waals surface area contributed by atoms with Crippen molar-refractivity contribution >= 4 is 33.6 Å². The second-order valence-electron chi connectivity index (χ2n) is 7.31. The molecular weight excluding hydrogens is 436 g/mol. The highest BCUT2D eigenvalue weighted by Crippen LogP contribution is 2.27. The lowest BCUT2D eigenvalue weighted by atomic mass is 10.2. The van der Waals surface area contributed by atoms with Crippen molar-refractivity contribution in [3.63, 3.8) is 0 Å². The lowest BCUT2D eigenvalue weighted by Gasteiger charge is -2.22. The lowest BCUT2D eigenvalue weighted by molar-refractivity contribution is -0.150. The molecule has 0 radical (unpaired) electrons. The third-order valence-corrected chi connectivity index (χ3v) is 6.96. The van der Waals surface area contributed by atoms with Crippen molar-refractivity contribution in [1.82, 2.24) is 4.31 Å². The molecule has 2 aromatic rings. The van der Waals surface area contributed by atoms with Crippen molar-refractivity contribution in [2.75, 3.05) is 25.6 Å². The van der Waals surface area contributed by atoms with Crippen LogP contribution in [0.4, 0.5) is 5.69 Å². The van der Waals surface area contributed by atoms with Crippen molar-refractivity contribution in [1.29, 1.82) is 0 Å². The summed E-state index contributed by atoms with van der Waals surface area (Å²) in [6, 6.07) is 11.4. The van der Waals surface area contributed by atoms with E-state index in [1.807, 2.05) is 6.92 Å². The van der Waals surface area contributed by atoms with Crippen LogP contribution in [0.25, 0.3) is 0 Å². The SMILES string of the molecule is COC(=O)c1ccc(NC(=O)COC(=O)C2CCCN2S(=O)(=O)c2ccc(C)cc2)cc1. The van der Waals surface area contributed by atoms with Crippen molar-refractivity contribution in [2.24, 2.45) is 0 Å². The number of anilines is 1. The first kappa shape index (κ1) is 23.4. The maximum absolute atomic E-state index is 12.9. The third kappa shape index (κ3) is 5.32. The molecule has 2 aromatic carbocycles. The number of aryl methyl sites for hydroxylation is 1. The van der Waals surface area contributed by atoms with Crippen LogP contribution < -0.4 is 5.32 Å². The smallest absolute Gasteiger partial charge is 0.337 e. The fourth-order valence-corrected chi connectivity index (χ4v) is 4.99. The van der Waals surface area contributed by atoms with Gasteiger partial charge < -0.3 is 14.8 Å². The molecule has 1 unspecified atom stereocenters. The second-order valence-corrected chi connectivity index (χ2v) is 9.20. The van der Waals surface area contributed by atoms with E-state index in [9.17, 15) is 22.8 Å². The second kappa shape index (κ2) is 9.92. The van der Waals surface area contributed by atoms with E-state index in [-0.39, 0.29) is 11.4 Å². The maximum Gasteiger partial charge on any atom is 0.337 e. The van der Waals surface area contributed by atoms with Gasteiger partial charge in [0, 0.05) is 12.2 Å². The van der Waals surface area contributed by atoms with E-state index in [2.05, 4.69) is 10.1 Å². The van der Waals surface area contributed by atoms with Crippen molar-refractivity contribution in [3.8, 4) is 0 Å². The van der Waals surface area contributed by atoms with E-state index in [4.69, 9.17) is 4.74 Å². The number of nitrogens with zero attached hydrogens (tertiary/aromatic N) is 1. The first-order valence-electron chi connectivity index (χ1n) is 9.96. The van der Waals surface area contributed by atoms with E-state index >= 15 is 0 Å². The van der Waals surface area contributed by atoms with Gasteiger partial charge in [-0.2, -0.15) is 4.31 Å². The highest BCUT2D eigenvalue weighted by Gasteiger charge is 2.40. The number of amides is 1. The number of carbonyl (C=O) groups excluding carboxylic acids is 3. The number of rotatable bonds is 7. The first-order chi connectivity index (χ1) is 15.2. The molecular formula is C22H24N2O7S. The van der Waals surface area contributed by atoms with E-state index in [0.29, 0.717) is 24.1 Å². The number of benzene rings is 2. The molecule has 0 saturated carbocycles. The number of carbonyl (C=O) groups is 3. The van der Waals surface area contributed by atoms with Crippen LogP contribution in [0.15, 0.2) is 53.4 Å². The summed E-state index contributed by atoms with van der Waals surface area (Å²) >= 11 is 0. The maximum atomic E-state index is 12.9. The Balaban J connectivity index is 1.58. The highest BCUT2D eigenvalue weighted by molar-refractivity contribution is 7.89. The third-order valence-electron chi connectivity index (χ3n) is 5.04. The van der Waals surface area contributed by atoms with Gasteiger partial charge in [-0.1, -0.05) is 17.7 Å². The average Bonchev–Trinajstić information content (AvgIpc) is 3.29. The predicted molar refractivity (Wildman–Crippen MR) is 115 cm³/mol. The van der Waals surface area contributed by atoms with Gasteiger partial charge >= 0.3 is 11.9 Å². The van der Waals surface area contributed by atoms with E-state index in [1.165, 1.54) is 43.5 Å². The van der Waals surface area contributed by atoms with E-state index in [1.54, 1.807) is 12.1 Å². The van der Waals surface area contributed by atoms with Crippen molar-refractivity contribution in [2.45, 2.75) is 30.7 Å². The zero-order chi connectivity index (χ0) is 23.3. The van der Waals surface area contributed by atoms with Gasteiger partial charge in [0.15, 0.2) is 6.61 Å². The Morgan fingerprint density at radius 3 is 2.34 bits per heavy atom. The summed E-state index contributed by atoms with van der Waals surface area (Å²) in [5.74, 6) is -1.86. The topological polar surface area (TPSA) is 119 Å². The van der Waals surface area contributed by atoms with Crippen LogP contribution in [-0.2, 0) is 29.1 Å². The highest BCUT2D eigenvalue weighted by atomic mass is 32.2. The Labute approximate surface area is 186 Å². The number of ether oxygens (including phenoxy) is 2. The fraction of sp³-hybridized carbons (Fsp3) is 0.318. The van der Waals surface area contributed by atoms with Gasteiger partial charge in [0.05, 0.1) is 17.6 Å². The molecule has 0 aromatic heterocycles. The van der Waals surface area contributed by atoms with Crippen LogP contribution in [0.2, 0.25) is 0 Å². The minimum absolute atomic E-state index is 0.107. The van der Waals surface area contributed by atoms with Crippen LogP contribution in [0.1, 0.15) is 28.8 Å². The molecule has 1 heterocycles. The molecule has 0 bridgehead atoms. The zero-order valence-electron chi connectivity index (χ0n) is 17.7. The summed E-state index contributed by atoms with van der Waals surface area (Å²) in [6.07, 6.45) is 0.837. The molecule has 1 aliphatic heterocycles. The molecule has 0 spiro atoms. The Hall–Kier alpha value is -3.24. The molecule has 1 atom stereocenters. The summed E-state index contributed by atoms with van der Waals surface area (Å²) in [5.41, 5.74) is 1.66. The van der Waals surface area contributed by atoms with Gasteiger partial charge in [0.25, 0.3) is 5.91 Å². The molecule has 1 N–H and O–H groups in total. The Morgan fingerprint density at radius 1 is 1.06 bits per heavy atom. The average molecular weight is 461 g/mol. The van der Waals surface area contributed by atoms with Gasteiger partial charge in [0.1, 0.15) is 6.04 Å². The predicted octanol–water partition coefficient (Wildman–Crippen LogP) is 2.12. The molecule has 170 valence electrons. The number of sulfonamides is 1. The molecule has 0 aliphatic carbocycles. The quantitative estimate of drug-likeness (QED) is 0.629. The summed E-state index contributed by atoms with van der Waals surface area (Å²) < 4.78 is 36.7. The molecule has 1 amide bonds. The van der Waals surface area contributed by atoms with Crippen LogP contribution in [0.5, 0.6) is 0 Å². The monoisotopic (exact) mass is 460 g/mol. The Kier molecular flexibility index (Phi) is 7.26. The molecule has 9 nitrogen and oxygen atoms in total. The van der Waals surface area contributed by atoms with Gasteiger partial charge in [-0.25, -0.2) is 13.2 Å². The minimum atomic E-state index is -3.86. The van der Waals surface area contributed by atoms with Crippen LogP contribution in [0, 0.1) is 6.92 Å². The van der Waals surface area contributed by atoms with Gasteiger partial charge in [-0.05, 0) is 56.2 Å². The number of hydrogen-bond acceptors (Lipinski definition) is 7. The molecule has 1 aliphatic rings. The number of methoxy groups -OCH3 is 1. The first-order valence-corrected chi connectivity index (χ1v) is 11.4. The van der Waals surface area contributed by atoms with Crippen LogP contribution >= 0.6 is 0 Å². The fourth-order valence-electron chi connectivity index (χ4n) is 3.35. The molecule has 3 rings (SSSR count). The van der Waals surface area contributed by atoms with Gasteiger partial charge in [0.2, 0.25) is 10.0 Å². The van der Waals surface area contributed by atoms with Crippen LogP contribution in [-0.4, -0.2) is 56.9 Å². The summed E-state index contributed by atoms with van der Waals surface area (Å²) in [5, 5.41) is 2.54. The van der Waals surface area contributed by atoms with Gasteiger partial charge in [-0.3, -0.25) is 9.59 Å². The van der Waals surface area contributed by atoms with Crippen molar-refractivity contribution in [3.05, 3.63) is 59.7 Å². The summed E-state index contributed by atoms with van der Waals surface area (Å²) in [6.45, 7) is 1.49. The standard InChI is InChI=1S/C22H24N2O7S/c1-15-5-11-18(12-6-15)32(28,29)24-13-3-4-19(24)22(27)31-14-20(25)23-17-9-7-16(8-10-17)21(26)30-2/h5-12,19H,3-4,13-14H2,1-2H3,(H,23,25). The number of esters is 2. The van der Waals surface area contributed by atoms with Crippen molar-refractivity contribution < 1.29 is 32.3 Å². The summed E-state index contributed by atoms with van der Waals surface area (Å²) in [4.78, 5) is 36.2. The Morgan fingerprint density at radius 2 is 1.72 bits per heavy atom. The normalized spacial score (nSPS) is 16.4. The van der Waals surface area contributed by atoms with E-state index < -0.39 is 40.5 Å². The zero-order valence-corrected chi connectivity index (χ0v) is 18.6. The minimum Gasteiger partial charge on any atom is -0.465 e. The lowest BCUT2D eigenvalue weighted by Crippen LogP contribution is -2.42. The summed E-state index contributed by atoms with van der Waals surface area (Å²) in [7, 11) is -2.59. The molecule has 1 fully saturated rings. The molecule has 32 heavy (non-hydrogen) atoms. The molecule has 10 heteroatoms. The van der Waals surface area contributed by atoms with E-state index in [0.717, 1.165) is 9.87 Å². The number of hydrogen-bond donors (Lipinski definition) is 1. The van der Waals surface area contributed by atoms with Gasteiger partial charge in [-0.15, -0.1) is 0 Å². The van der Waals surface area contributed by atoms with Crippen LogP contribution in [0.3, 0.4) is 0 Å². The number of nitrogens with one attached hydrogen (secondary N) is 1. The Bertz CT molecular complexity index is 1100. The largest absolute Gasteiger partial charge is 0.465 e.